The van der Waals surface area contributed by atoms with Gasteiger partial charge in [-0.25, -0.2) is 10.4 Å². The van der Waals surface area contributed by atoms with E-state index in [1.165, 1.54) is 11.3 Å². The molecule has 3 unspecified atom stereocenters. The zero-order valence-corrected chi connectivity index (χ0v) is 11.4. The first-order valence-electron chi connectivity index (χ1n) is 7.43. The molecule has 6 nitrogen and oxygen atoms in total. The molecule has 0 amide bonds. The van der Waals surface area contributed by atoms with Crippen LogP contribution in [0.15, 0.2) is 0 Å². The Bertz CT molecular complexity index is 304. The summed E-state index contributed by atoms with van der Waals surface area (Å²) in [7, 11) is 0. The lowest BCUT2D eigenvalue weighted by Gasteiger charge is -2.33. The van der Waals surface area contributed by atoms with Gasteiger partial charge in [-0.3, -0.25) is 10.5 Å². The number of carbonyl (C=O) groups is 1. The molecule has 0 aromatic carbocycles. The number of piperidine rings is 1. The Kier molecular flexibility index (Phi) is 5.29. The maximum atomic E-state index is 12.3. The van der Waals surface area contributed by atoms with Crippen LogP contribution in [0.3, 0.4) is 0 Å². The highest BCUT2D eigenvalue weighted by Gasteiger charge is 2.32. The molecule has 0 bridgehead atoms. The SMILES string of the molecule is NC1CCCC[NH+]1CC(=O)C1CCC([NH+]([O-])O)CC1. The van der Waals surface area contributed by atoms with Gasteiger partial charge in [-0.1, -0.05) is 0 Å². The second-order valence-corrected chi connectivity index (χ2v) is 6.04. The number of hydrogen-bond donors (Lipinski definition) is 4. The Labute approximate surface area is 114 Å². The minimum absolute atomic E-state index is 0.0669. The first-order valence-corrected chi connectivity index (χ1v) is 7.43. The standard InChI is InChI=1S/C13H25N3O3/c14-13-3-1-2-8-15(13)9-12(17)10-4-6-11(7-5-10)16(18)19/h10-11,13,16,18H,1-9,14H2/p+1. The highest BCUT2D eigenvalue weighted by atomic mass is 16.8. The van der Waals surface area contributed by atoms with Crippen LogP contribution in [0.4, 0.5) is 0 Å². The van der Waals surface area contributed by atoms with Crippen molar-refractivity contribution in [1.29, 1.82) is 0 Å². The molecule has 6 heteroatoms. The van der Waals surface area contributed by atoms with Crippen LogP contribution >= 0.6 is 0 Å². The van der Waals surface area contributed by atoms with Gasteiger partial charge in [0.25, 0.3) is 0 Å². The molecule has 5 N–H and O–H groups in total. The van der Waals surface area contributed by atoms with Crippen LogP contribution in [0.2, 0.25) is 0 Å². The van der Waals surface area contributed by atoms with E-state index in [0.29, 0.717) is 19.4 Å². The third-order valence-corrected chi connectivity index (χ3v) is 4.72. The minimum atomic E-state index is -0.713. The Morgan fingerprint density at radius 3 is 2.53 bits per heavy atom. The number of likely N-dealkylation sites (tertiary alicyclic amines) is 1. The number of nitrogens with one attached hydrogen (secondary N) is 2. The molecule has 2 aliphatic rings. The summed E-state index contributed by atoms with van der Waals surface area (Å²) in [5.74, 6) is 0.355. The van der Waals surface area contributed by atoms with Crippen LogP contribution in [0.25, 0.3) is 0 Å². The smallest absolute Gasteiger partial charge is 0.189 e. The van der Waals surface area contributed by atoms with E-state index in [2.05, 4.69) is 0 Å². The number of nitrogens with two attached hydrogens (primary N) is 1. The van der Waals surface area contributed by atoms with E-state index in [0.717, 1.165) is 32.2 Å². The van der Waals surface area contributed by atoms with Crippen molar-refractivity contribution in [1.82, 2.24) is 0 Å². The zero-order valence-electron chi connectivity index (χ0n) is 11.4. The van der Waals surface area contributed by atoms with Crippen LogP contribution in [-0.2, 0) is 4.79 Å². The Morgan fingerprint density at radius 1 is 1.26 bits per heavy atom. The summed E-state index contributed by atoms with van der Waals surface area (Å²) in [6.07, 6.45) is 6.20. The van der Waals surface area contributed by atoms with Crippen molar-refractivity contribution < 1.29 is 20.1 Å². The predicted molar refractivity (Wildman–Crippen MR) is 69.4 cm³/mol. The summed E-state index contributed by atoms with van der Waals surface area (Å²) in [6, 6.07) is -0.242. The second kappa shape index (κ2) is 6.76. The molecule has 1 saturated carbocycles. The lowest BCUT2D eigenvalue weighted by atomic mass is 9.83. The van der Waals surface area contributed by atoms with Crippen molar-refractivity contribution >= 4 is 5.78 Å². The fourth-order valence-corrected chi connectivity index (χ4v) is 3.36. The van der Waals surface area contributed by atoms with Gasteiger partial charge in [-0.2, -0.15) is 0 Å². The van der Waals surface area contributed by atoms with E-state index < -0.39 is 5.23 Å². The number of ketones is 1. The summed E-state index contributed by atoms with van der Waals surface area (Å²) < 4.78 is 0. The van der Waals surface area contributed by atoms with E-state index in [1.807, 2.05) is 0 Å². The largest absolute Gasteiger partial charge is 0.600 e. The van der Waals surface area contributed by atoms with Gasteiger partial charge in [0.15, 0.2) is 5.78 Å². The molecule has 1 heterocycles. The summed E-state index contributed by atoms with van der Waals surface area (Å²) in [6.45, 7) is 1.53. The van der Waals surface area contributed by atoms with Crippen molar-refractivity contribution in [3.8, 4) is 0 Å². The maximum absolute atomic E-state index is 12.3. The third-order valence-electron chi connectivity index (χ3n) is 4.72. The number of hydroxylamine groups is 2. The second-order valence-electron chi connectivity index (χ2n) is 6.04. The third kappa shape index (κ3) is 3.97. The van der Waals surface area contributed by atoms with Crippen LogP contribution < -0.4 is 15.9 Å². The summed E-state index contributed by atoms with van der Waals surface area (Å²) in [5.41, 5.74) is 6.05. The topological polar surface area (TPSA) is 95.3 Å². The van der Waals surface area contributed by atoms with E-state index in [-0.39, 0.29) is 23.9 Å². The van der Waals surface area contributed by atoms with Crippen molar-refractivity contribution in [2.75, 3.05) is 13.1 Å². The highest BCUT2D eigenvalue weighted by molar-refractivity contribution is 5.82. The fourth-order valence-electron chi connectivity index (χ4n) is 3.36. The Hall–Kier alpha value is -0.530. The van der Waals surface area contributed by atoms with Crippen LogP contribution in [0.1, 0.15) is 44.9 Å². The average molecular weight is 272 g/mol. The molecule has 1 aliphatic carbocycles. The van der Waals surface area contributed by atoms with Gasteiger partial charge >= 0.3 is 0 Å². The number of hydrogen-bond acceptors (Lipinski definition) is 4. The van der Waals surface area contributed by atoms with E-state index in [1.54, 1.807) is 0 Å². The molecule has 19 heavy (non-hydrogen) atoms. The number of Topliss-reactive ketones (excluding diaryl/α,β-unsaturated/α-hetero) is 1. The number of carbonyl (C=O) groups excluding carboxylic acids is 1. The van der Waals surface area contributed by atoms with Gasteiger partial charge in [0.1, 0.15) is 18.8 Å². The molecule has 110 valence electrons. The molecule has 0 aromatic rings. The van der Waals surface area contributed by atoms with E-state index >= 15 is 0 Å². The molecule has 0 spiro atoms. The zero-order chi connectivity index (χ0) is 13.8. The number of quaternary nitrogens is 2. The quantitative estimate of drug-likeness (QED) is 0.456. The Morgan fingerprint density at radius 2 is 1.95 bits per heavy atom. The van der Waals surface area contributed by atoms with Gasteiger partial charge in [0.2, 0.25) is 0 Å². The molecule has 2 fully saturated rings. The normalized spacial score (nSPS) is 37.8. The summed E-state index contributed by atoms with van der Waals surface area (Å²) in [5, 5.41) is 19.1. The predicted octanol–water partition coefficient (Wildman–Crippen LogP) is -1.76. The van der Waals surface area contributed by atoms with Crippen LogP contribution in [0.5, 0.6) is 0 Å². The summed E-state index contributed by atoms with van der Waals surface area (Å²) in [4.78, 5) is 13.5. The summed E-state index contributed by atoms with van der Waals surface area (Å²) >= 11 is 0. The van der Waals surface area contributed by atoms with Crippen LogP contribution in [-0.4, -0.2) is 36.3 Å². The van der Waals surface area contributed by atoms with Crippen molar-refractivity contribution in [3.63, 3.8) is 0 Å². The molecule has 3 atom stereocenters. The van der Waals surface area contributed by atoms with Gasteiger partial charge in [-0.05, 0) is 25.7 Å². The monoisotopic (exact) mass is 272 g/mol. The first-order chi connectivity index (χ1) is 9.08. The average Bonchev–Trinajstić information content (AvgIpc) is 2.41. The molecule has 0 radical (unpaired) electrons. The van der Waals surface area contributed by atoms with Crippen LogP contribution in [0, 0.1) is 11.1 Å². The van der Waals surface area contributed by atoms with Gasteiger partial charge in [0, 0.05) is 25.2 Å². The van der Waals surface area contributed by atoms with Crippen molar-refractivity contribution in [2.45, 2.75) is 57.2 Å². The van der Waals surface area contributed by atoms with Crippen molar-refractivity contribution in [2.24, 2.45) is 11.7 Å². The number of rotatable bonds is 4. The molecule has 2 rings (SSSR count). The molecule has 0 aromatic heterocycles. The maximum Gasteiger partial charge on any atom is 0.189 e. The lowest BCUT2D eigenvalue weighted by molar-refractivity contribution is -1.07. The van der Waals surface area contributed by atoms with Gasteiger partial charge in [0.05, 0.1) is 6.54 Å². The fraction of sp³-hybridized carbons (Fsp3) is 0.923. The molecule has 1 saturated heterocycles. The first kappa shape index (κ1) is 14.9. The lowest BCUT2D eigenvalue weighted by Crippen LogP contribution is -3.19. The van der Waals surface area contributed by atoms with Gasteiger partial charge < -0.3 is 10.1 Å². The molecule has 1 aliphatic heterocycles. The minimum Gasteiger partial charge on any atom is -0.600 e. The Balaban J connectivity index is 1.78. The molecular weight excluding hydrogens is 246 g/mol. The van der Waals surface area contributed by atoms with E-state index in [4.69, 9.17) is 10.9 Å². The molecular formula is C13H26N3O3+. The van der Waals surface area contributed by atoms with Gasteiger partial charge in [-0.15, -0.1) is 0 Å². The van der Waals surface area contributed by atoms with E-state index in [9.17, 15) is 10.0 Å². The highest BCUT2D eigenvalue weighted by Crippen LogP contribution is 2.23. The van der Waals surface area contributed by atoms with Crippen molar-refractivity contribution in [3.05, 3.63) is 5.21 Å².